The van der Waals surface area contributed by atoms with E-state index in [1.807, 2.05) is 11.8 Å². The number of aryl methyl sites for hydroxylation is 1. The highest BCUT2D eigenvalue weighted by atomic mass is 32.2. The molecule has 0 aliphatic carbocycles. The van der Waals surface area contributed by atoms with Crippen LogP contribution in [-0.2, 0) is 0 Å². The molecule has 0 aliphatic rings. The molecule has 0 spiro atoms. The van der Waals surface area contributed by atoms with E-state index in [0.717, 1.165) is 12.3 Å². The van der Waals surface area contributed by atoms with Crippen molar-refractivity contribution in [3.8, 4) is 0 Å². The average molecular weight is 291 g/mol. The van der Waals surface area contributed by atoms with Gasteiger partial charge in [0.2, 0.25) is 0 Å². The molecule has 1 unspecified atom stereocenters. The van der Waals surface area contributed by atoms with E-state index in [0.29, 0.717) is 6.04 Å². The predicted octanol–water partition coefficient (Wildman–Crippen LogP) is 4.89. The Kier molecular flexibility index (Phi) is 5.95. The molecule has 19 heavy (non-hydrogen) atoms. The molecule has 102 valence electrons. The first-order chi connectivity index (χ1) is 9.29. The molecular weight excluding hydrogens is 270 g/mol. The van der Waals surface area contributed by atoms with Gasteiger partial charge < -0.3 is 5.32 Å². The van der Waals surface area contributed by atoms with E-state index >= 15 is 0 Å². The summed E-state index contributed by atoms with van der Waals surface area (Å²) >= 11 is 3.71. The van der Waals surface area contributed by atoms with Crippen LogP contribution < -0.4 is 5.32 Å². The average Bonchev–Trinajstić information content (AvgIpc) is 2.93. The Balaban J connectivity index is 1.96. The van der Waals surface area contributed by atoms with E-state index in [1.165, 1.54) is 22.4 Å². The molecule has 3 heteroatoms. The van der Waals surface area contributed by atoms with Crippen molar-refractivity contribution in [2.75, 3.05) is 12.3 Å². The third-order valence-electron chi connectivity index (χ3n) is 2.99. The quantitative estimate of drug-likeness (QED) is 0.729. The highest BCUT2D eigenvalue weighted by molar-refractivity contribution is 7.99. The molecule has 0 aliphatic heterocycles. The summed E-state index contributed by atoms with van der Waals surface area (Å²) in [5.74, 6) is 1.08. The second-order valence-electron chi connectivity index (χ2n) is 4.69. The van der Waals surface area contributed by atoms with E-state index in [-0.39, 0.29) is 0 Å². The summed E-state index contributed by atoms with van der Waals surface area (Å²) < 4.78 is 0. The van der Waals surface area contributed by atoms with Crippen LogP contribution in [0.3, 0.4) is 0 Å². The first-order valence-electron chi connectivity index (χ1n) is 6.74. The zero-order valence-corrected chi connectivity index (χ0v) is 13.2. The van der Waals surface area contributed by atoms with Gasteiger partial charge in [0.1, 0.15) is 0 Å². The Labute approximate surface area is 124 Å². The normalized spacial score (nSPS) is 12.5. The van der Waals surface area contributed by atoms with Crippen LogP contribution in [0.2, 0.25) is 0 Å². The lowest BCUT2D eigenvalue weighted by Gasteiger charge is -2.17. The third kappa shape index (κ3) is 4.68. The number of nitrogens with one attached hydrogen (secondary N) is 1. The fourth-order valence-corrected chi connectivity index (χ4v) is 3.78. The molecule has 0 amide bonds. The number of thioether (sulfide) groups is 1. The number of thiophene rings is 1. The van der Waals surface area contributed by atoms with Crippen molar-refractivity contribution in [1.29, 1.82) is 0 Å². The van der Waals surface area contributed by atoms with Gasteiger partial charge in [-0.2, -0.15) is 11.3 Å². The zero-order valence-electron chi connectivity index (χ0n) is 11.6. The minimum absolute atomic E-state index is 0.455. The van der Waals surface area contributed by atoms with E-state index in [4.69, 9.17) is 0 Å². The topological polar surface area (TPSA) is 12.0 Å². The molecule has 2 aromatic rings. The molecule has 0 bridgehead atoms. The predicted molar refractivity (Wildman–Crippen MR) is 87.3 cm³/mol. The molecule has 0 radical (unpaired) electrons. The standard InChI is InChI=1S/C16H21NS2/c1-3-8-17-16(14-7-9-18-11-14)12-19-15-6-4-5-13(2)10-15/h4-7,9-11,16-17H,3,8,12H2,1-2H3. The van der Waals surface area contributed by atoms with Crippen molar-refractivity contribution in [3.05, 3.63) is 52.2 Å². The molecule has 1 aromatic carbocycles. The van der Waals surface area contributed by atoms with Crippen molar-refractivity contribution in [3.63, 3.8) is 0 Å². The van der Waals surface area contributed by atoms with Gasteiger partial charge in [-0.15, -0.1) is 11.8 Å². The van der Waals surface area contributed by atoms with Gasteiger partial charge in [0, 0.05) is 16.7 Å². The fourth-order valence-electron chi connectivity index (χ4n) is 1.95. The van der Waals surface area contributed by atoms with Gasteiger partial charge in [-0.1, -0.05) is 24.6 Å². The van der Waals surface area contributed by atoms with E-state index < -0.39 is 0 Å². The molecule has 0 saturated carbocycles. The lowest BCUT2D eigenvalue weighted by Crippen LogP contribution is -2.23. The molecule has 1 nitrogen and oxygen atoms in total. The summed E-state index contributed by atoms with van der Waals surface area (Å²) in [7, 11) is 0. The highest BCUT2D eigenvalue weighted by Crippen LogP contribution is 2.26. The molecule has 2 rings (SSSR count). The monoisotopic (exact) mass is 291 g/mol. The van der Waals surface area contributed by atoms with Gasteiger partial charge in [-0.3, -0.25) is 0 Å². The summed E-state index contributed by atoms with van der Waals surface area (Å²) in [6, 6.07) is 11.4. The highest BCUT2D eigenvalue weighted by Gasteiger charge is 2.11. The smallest absolute Gasteiger partial charge is 0.0423 e. The van der Waals surface area contributed by atoms with Crippen molar-refractivity contribution in [2.45, 2.75) is 31.2 Å². The Morgan fingerprint density at radius 1 is 1.32 bits per heavy atom. The number of hydrogen-bond acceptors (Lipinski definition) is 3. The van der Waals surface area contributed by atoms with Gasteiger partial charge in [0.05, 0.1) is 0 Å². The van der Waals surface area contributed by atoms with Crippen LogP contribution in [0.15, 0.2) is 46.0 Å². The zero-order chi connectivity index (χ0) is 13.5. The maximum absolute atomic E-state index is 3.64. The largest absolute Gasteiger partial charge is 0.309 e. The van der Waals surface area contributed by atoms with Crippen LogP contribution in [0.1, 0.15) is 30.5 Å². The van der Waals surface area contributed by atoms with Gasteiger partial charge in [0.15, 0.2) is 0 Å². The van der Waals surface area contributed by atoms with Crippen LogP contribution in [0, 0.1) is 6.92 Å². The third-order valence-corrected chi connectivity index (χ3v) is 4.78. The summed E-state index contributed by atoms with van der Waals surface area (Å²) in [5, 5.41) is 8.06. The van der Waals surface area contributed by atoms with Gasteiger partial charge >= 0.3 is 0 Å². The summed E-state index contributed by atoms with van der Waals surface area (Å²) in [4.78, 5) is 1.36. The van der Waals surface area contributed by atoms with Gasteiger partial charge in [0.25, 0.3) is 0 Å². The number of benzene rings is 1. The minimum Gasteiger partial charge on any atom is -0.309 e. The molecule has 0 fully saturated rings. The lowest BCUT2D eigenvalue weighted by atomic mass is 10.2. The maximum Gasteiger partial charge on any atom is 0.0423 e. The van der Waals surface area contributed by atoms with E-state index in [9.17, 15) is 0 Å². The first kappa shape index (κ1) is 14.6. The maximum atomic E-state index is 3.64. The molecule has 1 heterocycles. The molecule has 1 aromatic heterocycles. The Hall–Kier alpha value is -0.770. The first-order valence-corrected chi connectivity index (χ1v) is 8.67. The van der Waals surface area contributed by atoms with Crippen LogP contribution >= 0.6 is 23.1 Å². The molecular formula is C16H21NS2. The van der Waals surface area contributed by atoms with Crippen molar-refractivity contribution in [1.82, 2.24) is 5.32 Å². The van der Waals surface area contributed by atoms with Crippen molar-refractivity contribution in [2.24, 2.45) is 0 Å². The summed E-state index contributed by atoms with van der Waals surface area (Å²) in [6.45, 7) is 5.44. The van der Waals surface area contributed by atoms with Gasteiger partial charge in [-0.05, 0) is 54.4 Å². The van der Waals surface area contributed by atoms with Crippen LogP contribution in [-0.4, -0.2) is 12.3 Å². The Morgan fingerprint density at radius 2 is 2.21 bits per heavy atom. The summed E-state index contributed by atoms with van der Waals surface area (Å²) in [6.07, 6.45) is 1.18. The minimum atomic E-state index is 0.455. The van der Waals surface area contributed by atoms with Gasteiger partial charge in [-0.25, -0.2) is 0 Å². The van der Waals surface area contributed by atoms with Crippen LogP contribution in [0.25, 0.3) is 0 Å². The summed E-state index contributed by atoms with van der Waals surface area (Å²) in [5.41, 5.74) is 2.75. The molecule has 1 N–H and O–H groups in total. The molecule has 0 saturated heterocycles. The SMILES string of the molecule is CCCNC(CSc1cccc(C)c1)c1ccsc1. The van der Waals surface area contributed by atoms with Crippen LogP contribution in [0.4, 0.5) is 0 Å². The van der Waals surface area contributed by atoms with E-state index in [2.05, 4.69) is 60.3 Å². The van der Waals surface area contributed by atoms with Crippen molar-refractivity contribution < 1.29 is 0 Å². The van der Waals surface area contributed by atoms with Crippen LogP contribution in [0.5, 0.6) is 0 Å². The van der Waals surface area contributed by atoms with E-state index in [1.54, 1.807) is 11.3 Å². The Bertz CT molecular complexity index is 479. The Morgan fingerprint density at radius 3 is 2.89 bits per heavy atom. The molecule has 1 atom stereocenters. The number of rotatable bonds is 7. The fraction of sp³-hybridized carbons (Fsp3) is 0.375. The second kappa shape index (κ2) is 7.73. The number of hydrogen-bond donors (Lipinski definition) is 1. The second-order valence-corrected chi connectivity index (χ2v) is 6.56. The lowest BCUT2D eigenvalue weighted by molar-refractivity contribution is 0.579. The van der Waals surface area contributed by atoms with Crippen molar-refractivity contribution >= 4 is 23.1 Å².